The number of pyridine rings is 1. The monoisotopic (exact) mass is 519 g/mol. The van der Waals surface area contributed by atoms with E-state index in [2.05, 4.69) is 9.98 Å². The van der Waals surface area contributed by atoms with Crippen molar-refractivity contribution in [1.82, 2.24) is 9.55 Å². The molecule has 0 radical (unpaired) electrons. The van der Waals surface area contributed by atoms with Gasteiger partial charge in [-0.1, -0.05) is 53.3 Å². The average Bonchev–Trinajstić information content (AvgIpc) is 3.17. The molecular weight excluding hydrogens is 498 g/mol. The lowest BCUT2D eigenvalue weighted by Crippen LogP contribution is -2.39. The first-order chi connectivity index (χ1) is 17.4. The van der Waals surface area contributed by atoms with Crippen molar-refractivity contribution in [3.05, 3.63) is 102 Å². The van der Waals surface area contributed by atoms with Crippen molar-refractivity contribution in [3.8, 4) is 5.75 Å². The Morgan fingerprint density at radius 1 is 1.19 bits per heavy atom. The summed E-state index contributed by atoms with van der Waals surface area (Å²) in [6, 6.07) is 15.9. The van der Waals surface area contributed by atoms with Crippen LogP contribution in [0.2, 0.25) is 5.02 Å². The number of ether oxygens (including phenoxy) is 2. The summed E-state index contributed by atoms with van der Waals surface area (Å²) in [5.74, 6) is 0.196. The number of esters is 1. The fraction of sp³-hybridized carbons (Fsp3) is 0.185. The van der Waals surface area contributed by atoms with Gasteiger partial charge in [-0.3, -0.25) is 9.36 Å². The third-order valence-electron chi connectivity index (χ3n) is 5.90. The lowest BCUT2D eigenvalue weighted by molar-refractivity contribution is -0.139. The van der Waals surface area contributed by atoms with Crippen LogP contribution in [0.3, 0.4) is 0 Å². The van der Waals surface area contributed by atoms with Gasteiger partial charge in [-0.05, 0) is 49.8 Å². The van der Waals surface area contributed by atoms with Gasteiger partial charge in [0.25, 0.3) is 5.56 Å². The standard InChI is InChI=1S/C27H22ClN3O4S/c1-4-35-26(33)23-15(2)29-27-31(24(23)16-8-6-5-7-9-16)25(32)22(36-27)13-17-12-20(28)19-14-18(34-3)10-11-21(19)30-17/h5-14,24H,4H2,1-3H3/b22-13-/t24-/m1/s1. The number of carbonyl (C=O) groups is 1. The quantitative estimate of drug-likeness (QED) is 0.372. The Kier molecular flexibility index (Phi) is 6.47. The fourth-order valence-corrected chi connectivity index (χ4v) is 5.55. The predicted octanol–water partition coefficient (Wildman–Crippen LogP) is 4.01. The molecule has 0 saturated carbocycles. The number of aromatic nitrogens is 2. The Labute approximate surface area is 215 Å². The molecule has 1 aliphatic rings. The van der Waals surface area contributed by atoms with Crippen molar-refractivity contribution in [3.63, 3.8) is 0 Å². The molecule has 0 fully saturated rings. The van der Waals surface area contributed by atoms with E-state index < -0.39 is 12.0 Å². The highest BCUT2D eigenvalue weighted by Crippen LogP contribution is 2.31. The number of rotatable bonds is 5. The van der Waals surface area contributed by atoms with Gasteiger partial charge >= 0.3 is 5.97 Å². The number of halogens is 1. The average molecular weight is 520 g/mol. The van der Waals surface area contributed by atoms with Gasteiger partial charge in [-0.15, -0.1) is 0 Å². The molecule has 0 spiro atoms. The van der Waals surface area contributed by atoms with E-state index in [1.54, 1.807) is 37.7 Å². The summed E-state index contributed by atoms with van der Waals surface area (Å²) >= 11 is 7.77. The van der Waals surface area contributed by atoms with Crippen LogP contribution >= 0.6 is 22.9 Å². The number of allylic oxidation sites excluding steroid dienone is 1. The molecule has 9 heteroatoms. The Hall–Kier alpha value is -3.75. The summed E-state index contributed by atoms with van der Waals surface area (Å²) in [5.41, 5.74) is 2.63. The molecule has 0 amide bonds. The SMILES string of the molecule is CCOC(=O)C1=C(C)N=c2s/c(=C\c3cc(Cl)c4cc(OC)ccc4n3)c(=O)n2[C@@H]1c1ccccc1. The lowest BCUT2D eigenvalue weighted by atomic mass is 9.96. The Bertz CT molecular complexity index is 1710. The number of hydrogen-bond acceptors (Lipinski definition) is 7. The second-order valence-corrected chi connectivity index (χ2v) is 9.54. The van der Waals surface area contributed by atoms with Gasteiger partial charge in [-0.25, -0.2) is 14.8 Å². The molecule has 3 heterocycles. The molecule has 4 aromatic rings. The third kappa shape index (κ3) is 4.23. The van der Waals surface area contributed by atoms with E-state index in [4.69, 9.17) is 21.1 Å². The van der Waals surface area contributed by atoms with Crippen LogP contribution in [0.5, 0.6) is 5.75 Å². The predicted molar refractivity (Wildman–Crippen MR) is 140 cm³/mol. The zero-order chi connectivity index (χ0) is 25.4. The summed E-state index contributed by atoms with van der Waals surface area (Å²) in [6.45, 7) is 3.73. The minimum Gasteiger partial charge on any atom is -0.497 e. The van der Waals surface area contributed by atoms with Crippen LogP contribution in [0.1, 0.15) is 31.1 Å². The maximum absolute atomic E-state index is 13.7. The van der Waals surface area contributed by atoms with Crippen molar-refractivity contribution in [1.29, 1.82) is 0 Å². The van der Waals surface area contributed by atoms with Gasteiger partial charge < -0.3 is 9.47 Å². The summed E-state index contributed by atoms with van der Waals surface area (Å²) in [5, 5.41) is 1.26. The molecule has 7 nitrogen and oxygen atoms in total. The Morgan fingerprint density at radius 3 is 2.69 bits per heavy atom. The highest BCUT2D eigenvalue weighted by atomic mass is 35.5. The molecule has 1 atom stereocenters. The molecule has 0 unspecified atom stereocenters. The Balaban J connectivity index is 1.69. The number of methoxy groups -OCH3 is 1. The number of carbonyl (C=O) groups excluding carboxylic acids is 1. The highest BCUT2D eigenvalue weighted by Gasteiger charge is 2.33. The lowest BCUT2D eigenvalue weighted by Gasteiger charge is -2.24. The smallest absolute Gasteiger partial charge is 0.338 e. The van der Waals surface area contributed by atoms with Crippen LogP contribution in [0.15, 0.2) is 75.7 Å². The van der Waals surface area contributed by atoms with Gasteiger partial charge in [0.05, 0.1) is 51.8 Å². The molecule has 2 aromatic heterocycles. The van der Waals surface area contributed by atoms with Crippen LogP contribution < -0.4 is 19.6 Å². The van der Waals surface area contributed by atoms with E-state index in [0.29, 0.717) is 42.6 Å². The zero-order valence-corrected chi connectivity index (χ0v) is 21.4. The molecule has 36 heavy (non-hydrogen) atoms. The van der Waals surface area contributed by atoms with Crippen molar-refractivity contribution in [2.45, 2.75) is 19.9 Å². The molecular formula is C27H22ClN3O4S. The molecule has 5 rings (SSSR count). The topological polar surface area (TPSA) is 82.8 Å². The van der Waals surface area contributed by atoms with Crippen molar-refractivity contribution >= 4 is 45.9 Å². The number of hydrogen-bond donors (Lipinski definition) is 0. The normalized spacial score (nSPS) is 15.6. The summed E-state index contributed by atoms with van der Waals surface area (Å²) in [6.07, 6.45) is 1.70. The fourth-order valence-electron chi connectivity index (χ4n) is 4.26. The number of fused-ring (bicyclic) bond motifs is 2. The third-order valence-corrected chi connectivity index (χ3v) is 7.19. The van der Waals surface area contributed by atoms with Crippen LogP contribution in [0, 0.1) is 0 Å². The minimum atomic E-state index is -0.649. The van der Waals surface area contributed by atoms with Gasteiger partial charge in [0, 0.05) is 5.39 Å². The first-order valence-electron chi connectivity index (χ1n) is 11.3. The van der Waals surface area contributed by atoms with Crippen LogP contribution in [0.25, 0.3) is 17.0 Å². The molecule has 0 saturated heterocycles. The first kappa shape index (κ1) is 24.0. The molecule has 2 aromatic carbocycles. The Morgan fingerprint density at radius 2 is 1.97 bits per heavy atom. The van der Waals surface area contributed by atoms with Gasteiger partial charge in [-0.2, -0.15) is 0 Å². The highest BCUT2D eigenvalue weighted by molar-refractivity contribution is 7.07. The van der Waals surface area contributed by atoms with E-state index >= 15 is 0 Å². The maximum atomic E-state index is 13.7. The second kappa shape index (κ2) is 9.72. The number of thiazole rings is 1. The molecule has 0 aliphatic carbocycles. The summed E-state index contributed by atoms with van der Waals surface area (Å²) < 4.78 is 12.6. The summed E-state index contributed by atoms with van der Waals surface area (Å²) in [4.78, 5) is 36.4. The van der Waals surface area contributed by atoms with Gasteiger partial charge in [0.2, 0.25) is 0 Å². The van der Waals surface area contributed by atoms with E-state index in [9.17, 15) is 9.59 Å². The molecule has 0 N–H and O–H groups in total. The second-order valence-electron chi connectivity index (χ2n) is 8.12. The van der Waals surface area contributed by atoms with E-state index in [0.717, 1.165) is 10.9 Å². The van der Waals surface area contributed by atoms with Crippen LogP contribution in [-0.4, -0.2) is 29.2 Å². The number of nitrogens with zero attached hydrogens (tertiary/aromatic N) is 3. The first-order valence-corrected chi connectivity index (χ1v) is 12.5. The molecule has 1 aliphatic heterocycles. The minimum absolute atomic E-state index is 0.224. The number of benzene rings is 2. The van der Waals surface area contributed by atoms with Crippen LogP contribution in [-0.2, 0) is 9.53 Å². The summed E-state index contributed by atoms with van der Waals surface area (Å²) in [7, 11) is 1.59. The van der Waals surface area contributed by atoms with Crippen molar-refractivity contribution < 1.29 is 14.3 Å². The van der Waals surface area contributed by atoms with E-state index in [1.165, 1.54) is 11.3 Å². The van der Waals surface area contributed by atoms with Gasteiger partial charge in [0.1, 0.15) is 5.75 Å². The van der Waals surface area contributed by atoms with Crippen LogP contribution in [0.4, 0.5) is 0 Å². The largest absolute Gasteiger partial charge is 0.497 e. The zero-order valence-electron chi connectivity index (χ0n) is 19.8. The maximum Gasteiger partial charge on any atom is 0.338 e. The molecule has 0 bridgehead atoms. The van der Waals surface area contributed by atoms with Crippen molar-refractivity contribution in [2.75, 3.05) is 13.7 Å². The van der Waals surface area contributed by atoms with E-state index in [1.807, 2.05) is 48.5 Å². The van der Waals surface area contributed by atoms with E-state index in [-0.39, 0.29) is 12.2 Å². The molecule has 182 valence electrons. The van der Waals surface area contributed by atoms with Crippen molar-refractivity contribution in [2.24, 2.45) is 4.99 Å². The van der Waals surface area contributed by atoms with Gasteiger partial charge in [0.15, 0.2) is 4.80 Å².